The molecule has 3 rings (SSSR count). The van der Waals surface area contributed by atoms with E-state index in [2.05, 4.69) is 13.8 Å². The molecular formula is C30H31NO2S. The van der Waals surface area contributed by atoms with Gasteiger partial charge < -0.3 is 4.90 Å². The average Bonchev–Trinajstić information content (AvgIpc) is 2.86. The first kappa shape index (κ1) is 25.3. The van der Waals surface area contributed by atoms with Crippen molar-refractivity contribution in [2.75, 3.05) is 18.2 Å². The third-order valence-electron chi connectivity index (χ3n) is 5.43. The molecule has 0 heterocycles. The van der Waals surface area contributed by atoms with Crippen LogP contribution in [-0.2, 0) is 11.2 Å². The number of amides is 1. The van der Waals surface area contributed by atoms with Crippen molar-refractivity contribution in [3.63, 3.8) is 0 Å². The number of allylic oxidation sites excluding steroid dienone is 2. The minimum atomic E-state index is -0.341. The summed E-state index contributed by atoms with van der Waals surface area (Å²) in [4.78, 5) is 29.6. The fourth-order valence-electron chi connectivity index (χ4n) is 3.60. The molecule has 3 aromatic carbocycles. The standard InChI is InChI=1S/C30H31NO2S/c1-22(2)20-24-16-18-25(19-17-24)29(32)28(15-8-12-23-10-6-5-7-11-23)30(33)31(3)26-13-9-14-27(21-26)34-4/h5-19,21-22H,20H2,1-4H3. The Kier molecular flexibility index (Phi) is 9.06. The molecule has 0 unspecified atom stereocenters. The smallest absolute Gasteiger partial charge is 0.261 e. The zero-order valence-corrected chi connectivity index (χ0v) is 21.0. The number of anilines is 1. The van der Waals surface area contributed by atoms with Gasteiger partial charge in [-0.05, 0) is 54.0 Å². The number of hydrogen-bond acceptors (Lipinski definition) is 3. The van der Waals surface area contributed by atoms with Gasteiger partial charge in [0, 0.05) is 23.2 Å². The summed E-state index contributed by atoms with van der Waals surface area (Å²) < 4.78 is 0. The van der Waals surface area contributed by atoms with E-state index in [9.17, 15) is 9.59 Å². The van der Waals surface area contributed by atoms with Crippen LogP contribution in [0.25, 0.3) is 6.08 Å². The van der Waals surface area contributed by atoms with E-state index in [1.807, 2.05) is 91.2 Å². The third kappa shape index (κ3) is 6.82. The van der Waals surface area contributed by atoms with Crippen LogP contribution in [0.2, 0.25) is 0 Å². The van der Waals surface area contributed by atoms with Crippen molar-refractivity contribution in [3.8, 4) is 0 Å². The number of ketones is 1. The molecule has 0 saturated carbocycles. The fraction of sp³-hybridized carbons (Fsp3) is 0.200. The predicted molar refractivity (Wildman–Crippen MR) is 145 cm³/mol. The fourth-order valence-corrected chi connectivity index (χ4v) is 4.05. The van der Waals surface area contributed by atoms with Crippen LogP contribution in [0.4, 0.5) is 5.69 Å². The summed E-state index contributed by atoms with van der Waals surface area (Å²) in [7, 11) is 1.70. The molecule has 0 spiro atoms. The minimum absolute atomic E-state index is 0.126. The summed E-state index contributed by atoms with van der Waals surface area (Å²) in [5.74, 6) is -0.0914. The molecule has 0 fully saturated rings. The Morgan fingerprint density at radius 3 is 2.29 bits per heavy atom. The Balaban J connectivity index is 1.94. The first-order valence-corrected chi connectivity index (χ1v) is 12.6. The second-order valence-corrected chi connectivity index (χ2v) is 9.42. The molecule has 0 atom stereocenters. The van der Waals surface area contributed by atoms with Crippen molar-refractivity contribution in [1.29, 1.82) is 0 Å². The van der Waals surface area contributed by atoms with Gasteiger partial charge in [-0.1, -0.05) is 86.7 Å². The van der Waals surface area contributed by atoms with Crippen LogP contribution in [0.15, 0.2) is 101 Å². The molecule has 0 radical (unpaired) electrons. The highest BCUT2D eigenvalue weighted by atomic mass is 32.2. The average molecular weight is 470 g/mol. The zero-order valence-electron chi connectivity index (χ0n) is 20.2. The number of likely N-dealkylation sites (N-methyl/N-ethyl adjacent to an activating group) is 1. The van der Waals surface area contributed by atoms with Gasteiger partial charge in [-0.25, -0.2) is 0 Å². The first-order chi connectivity index (χ1) is 16.4. The van der Waals surface area contributed by atoms with Crippen LogP contribution < -0.4 is 4.90 Å². The number of thioether (sulfide) groups is 1. The van der Waals surface area contributed by atoms with Gasteiger partial charge in [0.25, 0.3) is 5.91 Å². The third-order valence-corrected chi connectivity index (χ3v) is 6.16. The van der Waals surface area contributed by atoms with Crippen LogP contribution in [-0.4, -0.2) is 25.0 Å². The van der Waals surface area contributed by atoms with Gasteiger partial charge in [-0.15, -0.1) is 11.8 Å². The van der Waals surface area contributed by atoms with E-state index < -0.39 is 0 Å². The van der Waals surface area contributed by atoms with E-state index in [1.54, 1.807) is 31.0 Å². The molecule has 3 aromatic rings. The van der Waals surface area contributed by atoms with Crippen molar-refractivity contribution in [1.82, 2.24) is 0 Å². The SMILES string of the molecule is CSc1cccc(N(C)C(=O)C(=CC=Cc2ccccc2)C(=O)c2ccc(CC(C)C)cc2)c1. The second-order valence-electron chi connectivity index (χ2n) is 8.54. The maximum absolute atomic E-state index is 13.5. The van der Waals surface area contributed by atoms with E-state index in [4.69, 9.17) is 0 Å². The molecule has 4 heteroatoms. The lowest BCUT2D eigenvalue weighted by molar-refractivity contribution is -0.114. The van der Waals surface area contributed by atoms with Crippen LogP contribution >= 0.6 is 11.8 Å². The maximum atomic E-state index is 13.5. The predicted octanol–water partition coefficient (Wildman–Crippen LogP) is 7.09. The lowest BCUT2D eigenvalue weighted by atomic mass is 9.97. The van der Waals surface area contributed by atoms with Crippen LogP contribution in [0.1, 0.15) is 35.3 Å². The Labute approximate surface area is 207 Å². The van der Waals surface area contributed by atoms with Gasteiger partial charge >= 0.3 is 0 Å². The van der Waals surface area contributed by atoms with Gasteiger partial charge in [0.15, 0.2) is 5.78 Å². The Bertz CT molecular complexity index is 1180. The molecule has 0 aromatic heterocycles. The van der Waals surface area contributed by atoms with Gasteiger partial charge in [-0.2, -0.15) is 0 Å². The highest BCUT2D eigenvalue weighted by molar-refractivity contribution is 7.98. The molecule has 0 saturated heterocycles. The molecule has 0 bridgehead atoms. The number of carbonyl (C=O) groups excluding carboxylic acids is 2. The molecule has 0 aliphatic carbocycles. The summed E-state index contributed by atoms with van der Waals surface area (Å²) in [6, 6.07) is 25.1. The highest BCUT2D eigenvalue weighted by Crippen LogP contribution is 2.23. The van der Waals surface area contributed by atoms with Gasteiger partial charge in [0.2, 0.25) is 0 Å². The van der Waals surface area contributed by atoms with E-state index in [0.717, 1.165) is 22.6 Å². The normalized spacial score (nSPS) is 11.7. The first-order valence-electron chi connectivity index (χ1n) is 11.4. The van der Waals surface area contributed by atoms with Crippen LogP contribution in [0.5, 0.6) is 0 Å². The molecular weight excluding hydrogens is 438 g/mol. The van der Waals surface area contributed by atoms with E-state index >= 15 is 0 Å². The lowest BCUT2D eigenvalue weighted by Crippen LogP contribution is -2.31. The van der Waals surface area contributed by atoms with E-state index in [0.29, 0.717) is 11.5 Å². The van der Waals surface area contributed by atoms with E-state index in [1.165, 1.54) is 10.5 Å². The second kappa shape index (κ2) is 12.2. The topological polar surface area (TPSA) is 37.4 Å². The summed E-state index contributed by atoms with van der Waals surface area (Å²) in [6.07, 6.45) is 8.21. The van der Waals surface area contributed by atoms with Crippen LogP contribution in [0, 0.1) is 5.92 Å². The van der Waals surface area contributed by atoms with Gasteiger partial charge in [0.05, 0.1) is 5.57 Å². The van der Waals surface area contributed by atoms with Crippen LogP contribution in [0.3, 0.4) is 0 Å². The lowest BCUT2D eigenvalue weighted by Gasteiger charge is -2.19. The zero-order chi connectivity index (χ0) is 24.5. The van der Waals surface area contributed by atoms with Gasteiger partial charge in [-0.3, -0.25) is 9.59 Å². The molecule has 174 valence electrons. The maximum Gasteiger partial charge on any atom is 0.261 e. The number of rotatable bonds is 9. The van der Waals surface area contributed by atoms with Gasteiger partial charge in [0.1, 0.15) is 0 Å². The molecule has 0 aliphatic heterocycles. The monoisotopic (exact) mass is 469 g/mol. The molecule has 34 heavy (non-hydrogen) atoms. The van der Waals surface area contributed by atoms with Crippen molar-refractivity contribution in [3.05, 3.63) is 113 Å². The number of hydrogen-bond donors (Lipinski definition) is 0. The quantitative estimate of drug-likeness (QED) is 0.0838. The minimum Gasteiger partial charge on any atom is -0.311 e. The summed E-state index contributed by atoms with van der Waals surface area (Å²) in [6.45, 7) is 4.33. The Morgan fingerprint density at radius 1 is 0.941 bits per heavy atom. The number of nitrogens with zero attached hydrogens (tertiary/aromatic N) is 1. The number of Topliss-reactive ketones (excluding diaryl/α,β-unsaturated/α-hetero) is 1. The molecule has 0 aliphatic rings. The number of carbonyl (C=O) groups is 2. The summed E-state index contributed by atoms with van der Waals surface area (Å²) in [5, 5.41) is 0. The molecule has 3 nitrogen and oxygen atoms in total. The summed E-state index contributed by atoms with van der Waals surface area (Å²) in [5.41, 5.74) is 3.55. The number of benzene rings is 3. The molecule has 1 amide bonds. The largest absolute Gasteiger partial charge is 0.311 e. The van der Waals surface area contributed by atoms with Crippen molar-refractivity contribution in [2.45, 2.75) is 25.2 Å². The van der Waals surface area contributed by atoms with E-state index in [-0.39, 0.29) is 17.3 Å². The Hall–Kier alpha value is -3.37. The Morgan fingerprint density at radius 2 is 1.65 bits per heavy atom. The van der Waals surface area contributed by atoms with Crippen molar-refractivity contribution >= 4 is 35.2 Å². The summed E-state index contributed by atoms with van der Waals surface area (Å²) >= 11 is 1.61. The van der Waals surface area contributed by atoms with Crippen molar-refractivity contribution in [2.24, 2.45) is 5.92 Å². The highest BCUT2D eigenvalue weighted by Gasteiger charge is 2.23. The molecule has 0 N–H and O–H groups in total. The van der Waals surface area contributed by atoms with Crippen molar-refractivity contribution < 1.29 is 9.59 Å².